The van der Waals surface area contributed by atoms with Crippen molar-refractivity contribution in [2.45, 2.75) is 45.2 Å². The number of benzene rings is 1. The largest absolute Gasteiger partial charge is 0.345 e. The molecule has 2 heterocycles. The van der Waals surface area contributed by atoms with E-state index in [9.17, 15) is 9.59 Å². The molecule has 0 atom stereocenters. The zero-order chi connectivity index (χ0) is 22.5. The summed E-state index contributed by atoms with van der Waals surface area (Å²) in [6, 6.07) is 6.89. The van der Waals surface area contributed by atoms with Crippen LogP contribution >= 0.6 is 11.8 Å². The van der Waals surface area contributed by atoms with E-state index in [0.717, 1.165) is 30.7 Å². The van der Waals surface area contributed by atoms with E-state index in [1.165, 1.54) is 22.2 Å². The van der Waals surface area contributed by atoms with E-state index >= 15 is 0 Å². The van der Waals surface area contributed by atoms with Gasteiger partial charge in [0.05, 0.1) is 5.75 Å². The lowest BCUT2D eigenvalue weighted by Gasteiger charge is -2.11. The number of thioether (sulfide) groups is 1. The fraction of sp³-hybridized carbons (Fsp3) is 0.409. The fourth-order valence-corrected chi connectivity index (χ4v) is 3.90. The van der Waals surface area contributed by atoms with Gasteiger partial charge in [-0.3, -0.25) is 9.59 Å². The summed E-state index contributed by atoms with van der Waals surface area (Å²) < 4.78 is 1.76. The van der Waals surface area contributed by atoms with E-state index in [1.807, 2.05) is 13.8 Å². The number of carbonyl (C=O) groups is 2. The van der Waals surface area contributed by atoms with Gasteiger partial charge in [0.25, 0.3) is 11.7 Å². The van der Waals surface area contributed by atoms with Crippen LogP contribution in [0, 0.1) is 13.8 Å². The quantitative estimate of drug-likeness (QED) is 0.539. The fourth-order valence-electron chi connectivity index (χ4n) is 3.28. The molecule has 2 aromatic heterocycles. The molecule has 0 bridgehead atoms. The number of hydrogen-bond acceptors (Lipinski definition) is 6. The first kappa shape index (κ1) is 22.7. The van der Waals surface area contributed by atoms with Gasteiger partial charge in [-0.15, -0.1) is 5.10 Å². The molecule has 0 unspecified atom stereocenters. The molecule has 0 saturated carbocycles. The molecule has 8 nitrogen and oxygen atoms in total. The molecule has 0 fully saturated rings. The van der Waals surface area contributed by atoms with E-state index < -0.39 is 0 Å². The molecule has 2 amide bonds. The third-order valence-electron chi connectivity index (χ3n) is 4.94. The standard InChI is InChI=1S/C22H28N6O2S/c1-6-7-11-18-14(2)23-21-25-22(26-28(21)15(18)3)31-13-19(29)24-17-10-8-9-16(12-17)20(30)27(4)5/h8-10,12H,6-7,11,13H2,1-5H3,(H,24,29). The Bertz CT molecular complexity index is 1110. The van der Waals surface area contributed by atoms with Crippen LogP contribution in [0.3, 0.4) is 0 Å². The van der Waals surface area contributed by atoms with Crippen LogP contribution < -0.4 is 5.32 Å². The maximum absolute atomic E-state index is 12.4. The van der Waals surface area contributed by atoms with Crippen molar-refractivity contribution in [2.24, 2.45) is 0 Å². The molecule has 0 spiro atoms. The Morgan fingerprint density at radius 1 is 1.19 bits per heavy atom. The zero-order valence-corrected chi connectivity index (χ0v) is 19.4. The molecule has 0 aliphatic rings. The predicted octanol–water partition coefficient (Wildman–Crippen LogP) is 3.52. The molecule has 0 aliphatic heterocycles. The van der Waals surface area contributed by atoms with Crippen LogP contribution in [0.5, 0.6) is 0 Å². The summed E-state index contributed by atoms with van der Waals surface area (Å²) in [7, 11) is 3.38. The molecular weight excluding hydrogens is 412 g/mol. The van der Waals surface area contributed by atoms with Crippen LogP contribution in [-0.4, -0.2) is 56.1 Å². The van der Waals surface area contributed by atoms with Gasteiger partial charge in [0.15, 0.2) is 0 Å². The molecule has 31 heavy (non-hydrogen) atoms. The average molecular weight is 441 g/mol. The second-order valence-electron chi connectivity index (χ2n) is 7.59. The molecular formula is C22H28N6O2S. The Hall–Kier alpha value is -2.94. The summed E-state index contributed by atoms with van der Waals surface area (Å²) in [4.78, 5) is 35.0. The third kappa shape index (κ3) is 5.41. The van der Waals surface area contributed by atoms with Crippen LogP contribution in [0.15, 0.2) is 29.4 Å². The number of aryl methyl sites for hydroxylation is 2. The molecule has 3 rings (SSSR count). The van der Waals surface area contributed by atoms with Gasteiger partial charge >= 0.3 is 0 Å². The summed E-state index contributed by atoms with van der Waals surface area (Å²) in [6.45, 7) is 6.20. The van der Waals surface area contributed by atoms with Crippen molar-refractivity contribution in [3.05, 3.63) is 46.8 Å². The summed E-state index contributed by atoms with van der Waals surface area (Å²) in [5.74, 6) is 0.399. The number of rotatable bonds is 8. The highest BCUT2D eigenvalue weighted by Crippen LogP contribution is 2.20. The van der Waals surface area contributed by atoms with Crippen molar-refractivity contribution in [1.29, 1.82) is 0 Å². The van der Waals surface area contributed by atoms with Crippen molar-refractivity contribution in [2.75, 3.05) is 25.2 Å². The maximum atomic E-state index is 12.4. The van der Waals surface area contributed by atoms with Crippen molar-refractivity contribution < 1.29 is 9.59 Å². The number of nitrogens with one attached hydrogen (secondary N) is 1. The highest BCUT2D eigenvalue weighted by molar-refractivity contribution is 7.99. The van der Waals surface area contributed by atoms with Crippen LogP contribution in [0.2, 0.25) is 0 Å². The minimum Gasteiger partial charge on any atom is -0.345 e. The Labute approximate surface area is 186 Å². The predicted molar refractivity (Wildman–Crippen MR) is 123 cm³/mol. The Morgan fingerprint density at radius 3 is 2.68 bits per heavy atom. The maximum Gasteiger partial charge on any atom is 0.253 e. The number of nitrogens with zero attached hydrogens (tertiary/aromatic N) is 5. The summed E-state index contributed by atoms with van der Waals surface area (Å²) in [6.07, 6.45) is 3.20. The van der Waals surface area contributed by atoms with Gasteiger partial charge < -0.3 is 10.2 Å². The van der Waals surface area contributed by atoms with E-state index in [1.54, 1.807) is 42.9 Å². The first-order chi connectivity index (χ1) is 14.8. The lowest BCUT2D eigenvalue weighted by Crippen LogP contribution is -2.22. The van der Waals surface area contributed by atoms with Gasteiger partial charge in [-0.2, -0.15) is 4.98 Å². The van der Waals surface area contributed by atoms with Gasteiger partial charge in [-0.25, -0.2) is 9.50 Å². The van der Waals surface area contributed by atoms with Gasteiger partial charge in [-0.1, -0.05) is 31.2 Å². The van der Waals surface area contributed by atoms with E-state index in [2.05, 4.69) is 27.3 Å². The Morgan fingerprint density at radius 2 is 1.97 bits per heavy atom. The smallest absolute Gasteiger partial charge is 0.253 e. The topological polar surface area (TPSA) is 92.5 Å². The highest BCUT2D eigenvalue weighted by Gasteiger charge is 2.15. The molecule has 0 aliphatic carbocycles. The van der Waals surface area contributed by atoms with Crippen LogP contribution in [0.1, 0.15) is 47.1 Å². The lowest BCUT2D eigenvalue weighted by molar-refractivity contribution is -0.113. The minimum atomic E-state index is -0.192. The number of amides is 2. The molecule has 1 aromatic carbocycles. The average Bonchev–Trinajstić information content (AvgIpc) is 3.15. The first-order valence-corrected chi connectivity index (χ1v) is 11.3. The van der Waals surface area contributed by atoms with Crippen molar-refractivity contribution in [3.63, 3.8) is 0 Å². The molecule has 164 valence electrons. The number of unbranched alkanes of at least 4 members (excludes halogenated alkanes) is 1. The minimum absolute atomic E-state index is 0.115. The second-order valence-corrected chi connectivity index (χ2v) is 8.53. The Balaban J connectivity index is 1.67. The molecule has 9 heteroatoms. The summed E-state index contributed by atoms with van der Waals surface area (Å²) >= 11 is 1.26. The molecule has 0 saturated heterocycles. The lowest BCUT2D eigenvalue weighted by atomic mass is 10.1. The van der Waals surface area contributed by atoms with E-state index in [0.29, 0.717) is 22.2 Å². The van der Waals surface area contributed by atoms with Crippen LogP contribution in [0.4, 0.5) is 5.69 Å². The van der Waals surface area contributed by atoms with Crippen molar-refractivity contribution >= 4 is 35.0 Å². The van der Waals surface area contributed by atoms with Gasteiger partial charge in [0.2, 0.25) is 11.1 Å². The normalized spacial score (nSPS) is 11.0. The zero-order valence-electron chi connectivity index (χ0n) is 18.6. The second kappa shape index (κ2) is 9.91. The summed E-state index contributed by atoms with van der Waals surface area (Å²) in [5.41, 5.74) is 4.33. The third-order valence-corrected chi connectivity index (χ3v) is 5.78. The number of hydrogen-bond donors (Lipinski definition) is 1. The highest BCUT2D eigenvalue weighted by atomic mass is 32.2. The van der Waals surface area contributed by atoms with E-state index in [-0.39, 0.29) is 17.6 Å². The molecule has 1 N–H and O–H groups in total. The first-order valence-electron chi connectivity index (χ1n) is 10.3. The van der Waals surface area contributed by atoms with Crippen LogP contribution in [0.25, 0.3) is 5.78 Å². The number of anilines is 1. The van der Waals surface area contributed by atoms with Gasteiger partial charge in [-0.05, 0) is 50.5 Å². The Kier molecular flexibility index (Phi) is 7.27. The van der Waals surface area contributed by atoms with Crippen LogP contribution in [-0.2, 0) is 11.2 Å². The van der Waals surface area contributed by atoms with Gasteiger partial charge in [0, 0.05) is 36.7 Å². The van der Waals surface area contributed by atoms with Crippen molar-refractivity contribution in [3.8, 4) is 0 Å². The monoisotopic (exact) mass is 440 g/mol. The molecule has 0 radical (unpaired) electrons. The SMILES string of the molecule is CCCCc1c(C)nc2nc(SCC(=O)Nc3cccc(C(=O)N(C)C)c3)nn2c1C. The molecule has 3 aromatic rings. The number of carbonyl (C=O) groups excluding carboxylic acids is 2. The summed E-state index contributed by atoms with van der Waals surface area (Å²) in [5, 5.41) is 7.87. The van der Waals surface area contributed by atoms with Crippen molar-refractivity contribution in [1.82, 2.24) is 24.5 Å². The van der Waals surface area contributed by atoms with E-state index in [4.69, 9.17) is 0 Å². The number of aromatic nitrogens is 4. The number of fused-ring (bicyclic) bond motifs is 1. The van der Waals surface area contributed by atoms with Gasteiger partial charge in [0.1, 0.15) is 0 Å².